The topological polar surface area (TPSA) is 49.3 Å². The molecule has 1 fully saturated rings. The Morgan fingerprint density at radius 2 is 2.45 bits per heavy atom. The average Bonchev–Trinajstić information content (AvgIpc) is 2.32. The normalized spacial score (nSPS) is 37.5. The van der Waals surface area contributed by atoms with Gasteiger partial charge in [0.1, 0.15) is 5.54 Å². The summed E-state index contributed by atoms with van der Waals surface area (Å²) < 4.78 is 0. The van der Waals surface area contributed by atoms with Gasteiger partial charge in [-0.2, -0.15) is 11.8 Å². The van der Waals surface area contributed by atoms with Crippen molar-refractivity contribution in [2.75, 3.05) is 12.8 Å². The summed E-state index contributed by atoms with van der Waals surface area (Å²) >= 11 is 1.71. The van der Waals surface area contributed by atoms with Gasteiger partial charge in [0, 0.05) is 5.25 Å². The molecule has 4 heteroatoms. The quantitative estimate of drug-likeness (QED) is 0.643. The number of carbonyl (C=O) groups is 1. The summed E-state index contributed by atoms with van der Waals surface area (Å²) in [4.78, 5) is 10.9. The highest BCUT2D eigenvalue weighted by atomic mass is 32.2. The van der Waals surface area contributed by atoms with Gasteiger partial charge in [0.2, 0.25) is 0 Å². The summed E-state index contributed by atoms with van der Waals surface area (Å²) in [5, 5.41) is 12.0. The minimum atomic E-state index is -0.725. The Labute approximate surface area is 70.6 Å². The van der Waals surface area contributed by atoms with Crippen LogP contribution in [0.5, 0.6) is 0 Å². The van der Waals surface area contributed by atoms with Gasteiger partial charge < -0.3 is 10.4 Å². The average molecular weight is 175 g/mol. The molecule has 11 heavy (non-hydrogen) atoms. The lowest BCUT2D eigenvalue weighted by atomic mass is 9.93. The van der Waals surface area contributed by atoms with Crippen molar-refractivity contribution >= 4 is 17.7 Å². The number of aliphatic carboxylic acids is 1. The van der Waals surface area contributed by atoms with Gasteiger partial charge in [-0.25, -0.2) is 0 Å². The highest BCUT2D eigenvalue weighted by molar-refractivity contribution is 8.00. The van der Waals surface area contributed by atoms with Crippen molar-refractivity contribution < 1.29 is 9.90 Å². The van der Waals surface area contributed by atoms with E-state index in [1.165, 1.54) is 0 Å². The predicted octanol–water partition coefficient (Wildman–Crippen LogP) is 0.555. The van der Waals surface area contributed by atoms with Crippen LogP contribution in [-0.4, -0.2) is 34.7 Å². The first-order chi connectivity index (χ1) is 5.13. The lowest BCUT2D eigenvalue weighted by molar-refractivity contribution is -0.144. The molecule has 0 radical (unpaired) electrons. The second-order valence-corrected chi connectivity index (χ2v) is 4.24. The van der Waals surface area contributed by atoms with Crippen LogP contribution in [0.1, 0.15) is 13.3 Å². The van der Waals surface area contributed by atoms with E-state index in [-0.39, 0.29) is 5.25 Å². The summed E-state index contributed by atoms with van der Waals surface area (Å²) in [5.74, 6) is 0.214. The molecule has 1 heterocycles. The highest BCUT2D eigenvalue weighted by Crippen LogP contribution is 2.35. The van der Waals surface area contributed by atoms with Crippen molar-refractivity contribution in [1.29, 1.82) is 0 Å². The van der Waals surface area contributed by atoms with E-state index in [2.05, 4.69) is 5.32 Å². The van der Waals surface area contributed by atoms with Gasteiger partial charge in [0.25, 0.3) is 0 Å². The van der Waals surface area contributed by atoms with E-state index < -0.39 is 11.5 Å². The maximum absolute atomic E-state index is 10.9. The molecule has 0 aromatic rings. The van der Waals surface area contributed by atoms with Crippen molar-refractivity contribution in [3.05, 3.63) is 0 Å². The van der Waals surface area contributed by atoms with E-state index in [9.17, 15) is 4.79 Å². The zero-order valence-corrected chi connectivity index (χ0v) is 7.57. The number of likely N-dealkylation sites (N-methyl/N-ethyl adjacent to an activating group) is 1. The zero-order valence-electron chi connectivity index (χ0n) is 6.76. The molecule has 64 valence electrons. The van der Waals surface area contributed by atoms with Crippen LogP contribution in [0.2, 0.25) is 0 Å². The van der Waals surface area contributed by atoms with E-state index in [4.69, 9.17) is 5.11 Å². The zero-order chi connectivity index (χ0) is 8.48. The summed E-state index contributed by atoms with van der Waals surface area (Å²) in [6.45, 7) is 1.96. The second-order valence-electron chi connectivity index (χ2n) is 2.79. The molecule has 2 unspecified atom stereocenters. The molecule has 2 atom stereocenters. The highest BCUT2D eigenvalue weighted by Gasteiger charge is 2.46. The molecule has 0 aliphatic carbocycles. The Balaban J connectivity index is 2.82. The molecular formula is C7H13NO2S. The van der Waals surface area contributed by atoms with E-state index in [0.717, 1.165) is 12.2 Å². The summed E-state index contributed by atoms with van der Waals surface area (Å²) in [6.07, 6.45) is 0.727. The second kappa shape index (κ2) is 3.03. The molecule has 0 aromatic heterocycles. The lowest BCUT2D eigenvalue weighted by Crippen LogP contribution is -2.54. The van der Waals surface area contributed by atoms with Crippen molar-refractivity contribution in [3.63, 3.8) is 0 Å². The third-order valence-electron chi connectivity index (χ3n) is 2.39. The molecule has 1 saturated heterocycles. The van der Waals surface area contributed by atoms with E-state index in [1.807, 2.05) is 6.92 Å². The maximum Gasteiger partial charge on any atom is 0.325 e. The minimum absolute atomic E-state index is 0.171. The van der Waals surface area contributed by atoms with E-state index >= 15 is 0 Å². The number of carboxylic acids is 1. The van der Waals surface area contributed by atoms with Crippen LogP contribution < -0.4 is 5.32 Å². The van der Waals surface area contributed by atoms with Crippen LogP contribution in [-0.2, 0) is 4.79 Å². The molecule has 1 rings (SSSR count). The maximum atomic E-state index is 10.9. The van der Waals surface area contributed by atoms with E-state index in [1.54, 1.807) is 18.8 Å². The molecule has 0 aromatic carbocycles. The van der Waals surface area contributed by atoms with Crippen LogP contribution in [0.3, 0.4) is 0 Å². The molecule has 2 N–H and O–H groups in total. The van der Waals surface area contributed by atoms with Gasteiger partial charge in [-0.15, -0.1) is 0 Å². The monoisotopic (exact) mass is 175 g/mol. The standard InChI is InChI=1S/C7H13NO2S/c1-5-7(8-2,6(9)10)3-4-11-5/h5,8H,3-4H2,1-2H3,(H,9,10). The van der Waals surface area contributed by atoms with Crippen molar-refractivity contribution in [3.8, 4) is 0 Å². The van der Waals surface area contributed by atoms with E-state index in [0.29, 0.717) is 0 Å². The predicted molar refractivity (Wildman–Crippen MR) is 46.0 cm³/mol. The SMILES string of the molecule is CNC1(C(=O)O)CCSC1C. The number of nitrogens with one attached hydrogen (secondary N) is 1. The molecule has 3 nitrogen and oxygen atoms in total. The van der Waals surface area contributed by atoms with Crippen molar-refractivity contribution in [2.45, 2.75) is 24.1 Å². The summed E-state index contributed by atoms with van der Waals surface area (Å²) in [7, 11) is 1.72. The fourth-order valence-electron chi connectivity index (χ4n) is 1.46. The Kier molecular flexibility index (Phi) is 2.44. The van der Waals surface area contributed by atoms with Crippen molar-refractivity contribution in [1.82, 2.24) is 5.32 Å². The van der Waals surface area contributed by atoms with Gasteiger partial charge in [-0.1, -0.05) is 6.92 Å². The minimum Gasteiger partial charge on any atom is -0.480 e. The van der Waals surface area contributed by atoms with Crippen LogP contribution in [0.15, 0.2) is 0 Å². The molecular weight excluding hydrogens is 162 g/mol. The van der Waals surface area contributed by atoms with Crippen LogP contribution in [0.4, 0.5) is 0 Å². The fraction of sp³-hybridized carbons (Fsp3) is 0.857. The third-order valence-corrected chi connectivity index (χ3v) is 3.73. The number of carboxylic acid groups (broad SMARTS) is 1. The van der Waals surface area contributed by atoms with Crippen LogP contribution in [0, 0.1) is 0 Å². The van der Waals surface area contributed by atoms with Gasteiger partial charge in [0.15, 0.2) is 0 Å². The van der Waals surface area contributed by atoms with Gasteiger partial charge in [-0.3, -0.25) is 4.79 Å². The summed E-state index contributed by atoms with van der Waals surface area (Å²) in [5.41, 5.74) is -0.676. The number of hydrogen-bond acceptors (Lipinski definition) is 3. The molecule has 1 aliphatic rings. The Hall–Kier alpha value is -0.220. The lowest BCUT2D eigenvalue weighted by Gasteiger charge is -2.27. The Morgan fingerprint density at radius 3 is 2.64 bits per heavy atom. The number of thioether (sulfide) groups is 1. The molecule has 0 spiro atoms. The molecule has 0 bridgehead atoms. The van der Waals surface area contributed by atoms with Gasteiger partial charge in [-0.05, 0) is 19.2 Å². The first-order valence-electron chi connectivity index (χ1n) is 3.67. The fourth-order valence-corrected chi connectivity index (χ4v) is 2.87. The van der Waals surface area contributed by atoms with Crippen LogP contribution in [0.25, 0.3) is 0 Å². The largest absolute Gasteiger partial charge is 0.480 e. The molecule has 1 aliphatic heterocycles. The molecule has 0 saturated carbocycles. The van der Waals surface area contributed by atoms with Gasteiger partial charge in [0.05, 0.1) is 0 Å². The molecule has 0 amide bonds. The number of rotatable bonds is 2. The Bertz CT molecular complexity index is 174. The first-order valence-corrected chi connectivity index (χ1v) is 4.72. The van der Waals surface area contributed by atoms with Crippen LogP contribution >= 0.6 is 11.8 Å². The van der Waals surface area contributed by atoms with Gasteiger partial charge >= 0.3 is 5.97 Å². The van der Waals surface area contributed by atoms with Crippen molar-refractivity contribution in [2.24, 2.45) is 0 Å². The first kappa shape index (κ1) is 8.87. The summed E-state index contributed by atoms with van der Waals surface area (Å²) in [6, 6.07) is 0. The smallest absolute Gasteiger partial charge is 0.325 e. The third kappa shape index (κ3) is 1.25. The Morgan fingerprint density at radius 1 is 1.82 bits per heavy atom. The number of hydrogen-bond donors (Lipinski definition) is 2.